The van der Waals surface area contributed by atoms with E-state index in [0.717, 1.165) is 11.3 Å². The second-order valence-electron chi connectivity index (χ2n) is 7.00. The summed E-state index contributed by atoms with van der Waals surface area (Å²) < 4.78 is 24.2. The summed E-state index contributed by atoms with van der Waals surface area (Å²) >= 11 is 0. The fourth-order valence-corrected chi connectivity index (χ4v) is 2.96. The molecule has 1 heterocycles. The van der Waals surface area contributed by atoms with Crippen molar-refractivity contribution in [3.8, 4) is 17.1 Å². The zero-order valence-corrected chi connectivity index (χ0v) is 16.2. The lowest BCUT2D eigenvalue weighted by Gasteiger charge is -2.23. The van der Waals surface area contributed by atoms with Gasteiger partial charge < -0.3 is 14.2 Å². The van der Waals surface area contributed by atoms with E-state index in [-0.39, 0.29) is 18.4 Å². The fourth-order valence-electron chi connectivity index (χ4n) is 2.96. The van der Waals surface area contributed by atoms with Gasteiger partial charge in [0.2, 0.25) is 0 Å². The van der Waals surface area contributed by atoms with Gasteiger partial charge in [-0.05, 0) is 36.2 Å². The number of hydrogen-bond donors (Lipinski definition) is 0. The summed E-state index contributed by atoms with van der Waals surface area (Å²) in [6, 6.07) is 15.0. The molecule has 3 rings (SSSR count). The molecule has 0 aliphatic rings. The van der Waals surface area contributed by atoms with E-state index in [2.05, 4.69) is 5.16 Å². The van der Waals surface area contributed by atoms with E-state index in [1.165, 1.54) is 18.2 Å². The summed E-state index contributed by atoms with van der Waals surface area (Å²) in [4.78, 5) is 14.5. The molecule has 3 aromatic rings. The van der Waals surface area contributed by atoms with Gasteiger partial charge in [-0.15, -0.1) is 0 Å². The highest BCUT2D eigenvalue weighted by Gasteiger charge is 2.20. The van der Waals surface area contributed by atoms with Crippen molar-refractivity contribution in [3.05, 3.63) is 71.7 Å². The molecule has 2 aromatic carbocycles. The lowest BCUT2D eigenvalue weighted by Crippen LogP contribution is -2.33. The summed E-state index contributed by atoms with van der Waals surface area (Å²) in [5.41, 5.74) is 1.78. The third kappa shape index (κ3) is 4.76. The zero-order valence-electron chi connectivity index (χ0n) is 16.2. The van der Waals surface area contributed by atoms with Gasteiger partial charge in [0.25, 0.3) is 5.91 Å². The first-order valence-electron chi connectivity index (χ1n) is 9.11. The lowest BCUT2D eigenvalue weighted by molar-refractivity contribution is 0.0718. The van der Waals surface area contributed by atoms with Crippen LogP contribution in [-0.4, -0.2) is 29.6 Å². The van der Waals surface area contributed by atoms with Crippen molar-refractivity contribution in [2.45, 2.75) is 20.4 Å². The summed E-state index contributed by atoms with van der Waals surface area (Å²) in [7, 11) is 1.60. The van der Waals surface area contributed by atoms with E-state index in [1.807, 2.05) is 38.1 Å². The Morgan fingerprint density at radius 3 is 2.68 bits per heavy atom. The molecule has 6 heteroatoms. The van der Waals surface area contributed by atoms with Gasteiger partial charge in [0, 0.05) is 23.7 Å². The monoisotopic (exact) mass is 382 g/mol. The number of carbonyl (C=O) groups excluding carboxylic acids is 1. The maximum atomic E-state index is 13.5. The van der Waals surface area contributed by atoms with Crippen LogP contribution >= 0.6 is 0 Å². The predicted octanol–water partition coefficient (Wildman–Crippen LogP) is 4.79. The van der Waals surface area contributed by atoms with Crippen LogP contribution in [0.4, 0.5) is 4.39 Å². The van der Waals surface area contributed by atoms with E-state index >= 15 is 0 Å². The number of aromatic nitrogens is 1. The third-order valence-electron chi connectivity index (χ3n) is 4.21. The summed E-state index contributed by atoms with van der Waals surface area (Å²) in [5.74, 6) is 0.897. The minimum atomic E-state index is -0.433. The molecule has 0 aliphatic carbocycles. The number of hydrogen-bond acceptors (Lipinski definition) is 4. The number of amides is 1. The maximum Gasteiger partial charge on any atom is 0.254 e. The van der Waals surface area contributed by atoms with Crippen LogP contribution in [0.2, 0.25) is 0 Å². The van der Waals surface area contributed by atoms with E-state index < -0.39 is 5.82 Å². The van der Waals surface area contributed by atoms with Crippen LogP contribution in [0.15, 0.2) is 59.1 Å². The van der Waals surface area contributed by atoms with Crippen molar-refractivity contribution in [2.75, 3.05) is 13.7 Å². The maximum absolute atomic E-state index is 13.5. The Balaban J connectivity index is 1.81. The molecule has 0 radical (unpaired) electrons. The van der Waals surface area contributed by atoms with E-state index in [1.54, 1.807) is 24.1 Å². The Morgan fingerprint density at radius 1 is 1.18 bits per heavy atom. The normalized spacial score (nSPS) is 10.9. The number of ether oxygens (including phenoxy) is 1. The van der Waals surface area contributed by atoms with Gasteiger partial charge >= 0.3 is 0 Å². The second-order valence-corrected chi connectivity index (χ2v) is 7.00. The molecule has 0 spiro atoms. The first-order valence-corrected chi connectivity index (χ1v) is 9.11. The first kappa shape index (κ1) is 19.6. The van der Waals surface area contributed by atoms with Gasteiger partial charge in [0.1, 0.15) is 17.3 Å². The Kier molecular flexibility index (Phi) is 6.09. The highest BCUT2D eigenvalue weighted by molar-refractivity contribution is 5.94. The zero-order chi connectivity index (χ0) is 20.1. The van der Waals surface area contributed by atoms with Gasteiger partial charge in [0.05, 0.1) is 13.7 Å². The van der Waals surface area contributed by atoms with Crippen molar-refractivity contribution in [2.24, 2.45) is 5.92 Å². The van der Waals surface area contributed by atoms with Crippen molar-refractivity contribution in [1.82, 2.24) is 10.1 Å². The molecule has 0 unspecified atom stereocenters. The SMILES string of the molecule is COc1cccc(-c2cc(CN(CC(C)C)C(=O)c3cccc(F)c3)no2)c1. The summed E-state index contributed by atoms with van der Waals surface area (Å²) in [5, 5.41) is 4.11. The van der Waals surface area contributed by atoms with Crippen LogP contribution < -0.4 is 4.74 Å². The first-order chi connectivity index (χ1) is 13.5. The molecule has 0 fully saturated rings. The minimum absolute atomic E-state index is 0.237. The fraction of sp³-hybridized carbons (Fsp3) is 0.273. The van der Waals surface area contributed by atoms with Gasteiger partial charge in [-0.3, -0.25) is 4.79 Å². The smallest absolute Gasteiger partial charge is 0.254 e. The summed E-state index contributed by atoms with van der Waals surface area (Å²) in [6.07, 6.45) is 0. The third-order valence-corrected chi connectivity index (χ3v) is 4.21. The van der Waals surface area contributed by atoms with Crippen LogP contribution in [-0.2, 0) is 6.54 Å². The molecule has 0 saturated heterocycles. The Labute approximate surface area is 163 Å². The predicted molar refractivity (Wildman–Crippen MR) is 104 cm³/mol. The average molecular weight is 382 g/mol. The second kappa shape index (κ2) is 8.69. The molecular weight excluding hydrogens is 359 g/mol. The van der Waals surface area contributed by atoms with E-state index in [0.29, 0.717) is 23.6 Å². The number of rotatable bonds is 7. The van der Waals surface area contributed by atoms with Crippen molar-refractivity contribution < 1.29 is 18.4 Å². The van der Waals surface area contributed by atoms with Crippen LogP contribution in [0.25, 0.3) is 11.3 Å². The number of carbonyl (C=O) groups is 1. The van der Waals surface area contributed by atoms with E-state index in [9.17, 15) is 9.18 Å². The average Bonchev–Trinajstić information content (AvgIpc) is 3.15. The number of methoxy groups -OCH3 is 1. The van der Waals surface area contributed by atoms with Crippen LogP contribution in [0, 0.1) is 11.7 Å². The standard InChI is InChI=1S/C22H23FN2O3/c1-15(2)13-25(22(26)17-7-4-8-18(23)10-17)14-19-12-21(28-24-19)16-6-5-9-20(11-16)27-3/h4-12,15H,13-14H2,1-3H3. The Bertz CT molecular complexity index is 952. The molecule has 1 aromatic heterocycles. The van der Waals surface area contributed by atoms with Gasteiger partial charge in [0.15, 0.2) is 5.76 Å². The molecule has 0 aliphatic heterocycles. The number of halogens is 1. The highest BCUT2D eigenvalue weighted by atomic mass is 19.1. The quantitative estimate of drug-likeness (QED) is 0.590. The molecular formula is C22H23FN2O3. The molecule has 5 nitrogen and oxygen atoms in total. The molecule has 146 valence electrons. The van der Waals surface area contributed by atoms with Gasteiger partial charge in [-0.25, -0.2) is 4.39 Å². The highest BCUT2D eigenvalue weighted by Crippen LogP contribution is 2.25. The van der Waals surface area contributed by atoms with Crippen molar-refractivity contribution in [3.63, 3.8) is 0 Å². The lowest BCUT2D eigenvalue weighted by atomic mass is 10.1. The van der Waals surface area contributed by atoms with Crippen LogP contribution in [0.1, 0.15) is 29.9 Å². The van der Waals surface area contributed by atoms with E-state index in [4.69, 9.17) is 9.26 Å². The number of nitrogens with zero attached hydrogens (tertiary/aromatic N) is 2. The van der Waals surface area contributed by atoms with Crippen LogP contribution in [0.3, 0.4) is 0 Å². The minimum Gasteiger partial charge on any atom is -0.497 e. The topological polar surface area (TPSA) is 55.6 Å². The van der Waals surface area contributed by atoms with Gasteiger partial charge in [-0.1, -0.05) is 37.2 Å². The Hall–Kier alpha value is -3.15. The number of benzene rings is 2. The molecule has 28 heavy (non-hydrogen) atoms. The van der Waals surface area contributed by atoms with Crippen molar-refractivity contribution in [1.29, 1.82) is 0 Å². The summed E-state index contributed by atoms with van der Waals surface area (Å²) in [6.45, 7) is 4.85. The molecule has 0 bridgehead atoms. The molecule has 0 atom stereocenters. The van der Waals surface area contributed by atoms with Gasteiger partial charge in [-0.2, -0.15) is 0 Å². The largest absolute Gasteiger partial charge is 0.497 e. The van der Waals surface area contributed by atoms with Crippen LogP contribution in [0.5, 0.6) is 5.75 Å². The molecule has 1 amide bonds. The Morgan fingerprint density at radius 2 is 1.96 bits per heavy atom. The molecule has 0 saturated carbocycles. The van der Waals surface area contributed by atoms with Crippen molar-refractivity contribution >= 4 is 5.91 Å². The molecule has 0 N–H and O–H groups in total.